The zero-order valence-corrected chi connectivity index (χ0v) is 7.90. The summed E-state index contributed by atoms with van der Waals surface area (Å²) in [7, 11) is 0. The molecule has 4 heteroatoms. The highest BCUT2D eigenvalue weighted by atomic mass is 16.5. The molecule has 2 aromatic rings. The number of fused-ring (bicyclic) bond motifs is 1. The fourth-order valence-electron chi connectivity index (χ4n) is 1.28. The molecule has 1 heterocycles. The first-order valence-electron chi connectivity index (χ1n) is 4.45. The first-order valence-corrected chi connectivity index (χ1v) is 4.45. The fraction of sp³-hybridized carbons (Fsp3) is 0.0909. The number of hydrogen-bond donors (Lipinski definition) is 1. The van der Waals surface area contributed by atoms with Gasteiger partial charge in [-0.15, -0.1) is 0 Å². The Morgan fingerprint density at radius 3 is 3.00 bits per heavy atom. The van der Waals surface area contributed by atoms with E-state index in [9.17, 15) is 4.79 Å². The van der Waals surface area contributed by atoms with Crippen molar-refractivity contribution in [1.29, 1.82) is 5.41 Å². The number of benzene rings is 1. The number of hydrogen-bond acceptors (Lipinski definition) is 4. The van der Waals surface area contributed by atoms with Crippen LogP contribution in [-0.4, -0.2) is 12.8 Å². The van der Waals surface area contributed by atoms with E-state index >= 15 is 0 Å². The molecule has 2 rings (SSSR count). The maximum Gasteiger partial charge on any atom is 0.336 e. The van der Waals surface area contributed by atoms with Gasteiger partial charge in [-0.25, -0.2) is 4.79 Å². The summed E-state index contributed by atoms with van der Waals surface area (Å²) in [6.45, 7) is 0.238. The van der Waals surface area contributed by atoms with Crippen LogP contribution < -0.4 is 10.4 Å². The van der Waals surface area contributed by atoms with E-state index in [1.165, 1.54) is 12.3 Å². The molecule has 1 aromatic carbocycles. The topological polar surface area (TPSA) is 63.3 Å². The van der Waals surface area contributed by atoms with Gasteiger partial charge in [0.1, 0.15) is 17.9 Å². The van der Waals surface area contributed by atoms with E-state index in [-0.39, 0.29) is 12.2 Å². The summed E-state index contributed by atoms with van der Waals surface area (Å²) in [5, 5.41) is 7.64. The minimum atomic E-state index is -0.365. The molecule has 0 saturated heterocycles. The van der Waals surface area contributed by atoms with Crippen LogP contribution in [0.5, 0.6) is 5.75 Å². The molecule has 0 atom stereocenters. The van der Waals surface area contributed by atoms with Crippen molar-refractivity contribution < 1.29 is 9.15 Å². The number of nitrogens with one attached hydrogen (secondary N) is 1. The Morgan fingerprint density at radius 1 is 1.33 bits per heavy atom. The molecule has 0 aliphatic rings. The van der Waals surface area contributed by atoms with Crippen molar-refractivity contribution in [2.45, 2.75) is 0 Å². The van der Waals surface area contributed by atoms with Crippen LogP contribution in [0.25, 0.3) is 11.0 Å². The highest BCUT2D eigenvalue weighted by Gasteiger charge is 1.99. The second-order valence-electron chi connectivity index (χ2n) is 2.97. The lowest BCUT2D eigenvalue weighted by molar-refractivity contribution is 0.380. The fourth-order valence-corrected chi connectivity index (χ4v) is 1.28. The van der Waals surface area contributed by atoms with Gasteiger partial charge in [-0.2, -0.15) is 0 Å². The summed E-state index contributed by atoms with van der Waals surface area (Å²) in [6, 6.07) is 8.19. The van der Waals surface area contributed by atoms with Crippen LogP contribution in [0.2, 0.25) is 0 Å². The van der Waals surface area contributed by atoms with Gasteiger partial charge in [0, 0.05) is 17.7 Å². The molecule has 1 aromatic heterocycles. The van der Waals surface area contributed by atoms with Crippen molar-refractivity contribution in [1.82, 2.24) is 0 Å². The lowest BCUT2D eigenvalue weighted by Crippen LogP contribution is -1.98. The largest absolute Gasteiger partial charge is 0.488 e. The summed E-state index contributed by atoms with van der Waals surface area (Å²) in [5.41, 5.74) is 0.167. The van der Waals surface area contributed by atoms with Crippen molar-refractivity contribution >= 4 is 17.2 Å². The maximum absolute atomic E-state index is 10.9. The molecular formula is C11H9NO3. The molecule has 0 saturated carbocycles. The summed E-state index contributed by atoms with van der Waals surface area (Å²) in [6.07, 6.45) is 1.18. The van der Waals surface area contributed by atoms with Gasteiger partial charge in [-0.05, 0) is 24.3 Å². The molecule has 76 valence electrons. The summed E-state index contributed by atoms with van der Waals surface area (Å²) in [5.74, 6) is 0.653. The van der Waals surface area contributed by atoms with E-state index in [1.54, 1.807) is 24.3 Å². The second kappa shape index (κ2) is 3.96. The molecule has 0 bridgehead atoms. The molecule has 0 aliphatic heterocycles. The highest BCUT2D eigenvalue weighted by molar-refractivity contribution is 5.77. The monoisotopic (exact) mass is 203 g/mol. The molecular weight excluding hydrogens is 194 g/mol. The van der Waals surface area contributed by atoms with Crippen LogP contribution in [0.1, 0.15) is 0 Å². The third kappa shape index (κ3) is 2.04. The molecule has 0 amide bonds. The predicted octanol–water partition coefficient (Wildman–Crippen LogP) is 1.82. The van der Waals surface area contributed by atoms with Gasteiger partial charge >= 0.3 is 5.63 Å². The van der Waals surface area contributed by atoms with Crippen molar-refractivity contribution in [2.24, 2.45) is 0 Å². The number of ether oxygens (including phenoxy) is 1. The smallest absolute Gasteiger partial charge is 0.336 e. The zero-order chi connectivity index (χ0) is 10.7. The van der Waals surface area contributed by atoms with E-state index in [4.69, 9.17) is 14.6 Å². The van der Waals surface area contributed by atoms with Gasteiger partial charge in [-0.3, -0.25) is 0 Å². The molecule has 0 unspecified atom stereocenters. The van der Waals surface area contributed by atoms with Crippen molar-refractivity contribution in [3.05, 3.63) is 40.8 Å². The van der Waals surface area contributed by atoms with Crippen molar-refractivity contribution in [3.8, 4) is 5.75 Å². The maximum atomic E-state index is 10.9. The van der Waals surface area contributed by atoms with Gasteiger partial charge in [-0.1, -0.05) is 0 Å². The Kier molecular flexibility index (Phi) is 2.49. The minimum Gasteiger partial charge on any atom is -0.488 e. The van der Waals surface area contributed by atoms with Crippen LogP contribution >= 0.6 is 0 Å². The van der Waals surface area contributed by atoms with Gasteiger partial charge in [0.05, 0.1) is 0 Å². The average Bonchev–Trinajstić information content (AvgIpc) is 2.26. The summed E-state index contributed by atoms with van der Waals surface area (Å²) < 4.78 is 10.2. The zero-order valence-electron chi connectivity index (χ0n) is 7.90. The molecule has 15 heavy (non-hydrogen) atoms. The van der Waals surface area contributed by atoms with E-state index in [2.05, 4.69) is 0 Å². The van der Waals surface area contributed by atoms with Gasteiger partial charge < -0.3 is 14.6 Å². The van der Waals surface area contributed by atoms with Gasteiger partial charge in [0.2, 0.25) is 0 Å². The highest BCUT2D eigenvalue weighted by Crippen LogP contribution is 2.19. The lowest BCUT2D eigenvalue weighted by atomic mass is 10.2. The van der Waals surface area contributed by atoms with Crippen LogP contribution in [0.15, 0.2) is 39.5 Å². The molecule has 1 N–H and O–H groups in total. The van der Waals surface area contributed by atoms with E-state index < -0.39 is 0 Å². The molecule has 4 nitrogen and oxygen atoms in total. The number of rotatable bonds is 3. The molecule has 0 fully saturated rings. The molecule has 0 spiro atoms. The second-order valence-corrected chi connectivity index (χ2v) is 2.97. The summed E-state index contributed by atoms with van der Waals surface area (Å²) in [4.78, 5) is 10.9. The Bertz CT molecular complexity index is 545. The van der Waals surface area contributed by atoms with Crippen molar-refractivity contribution in [3.63, 3.8) is 0 Å². The Morgan fingerprint density at radius 2 is 2.20 bits per heavy atom. The Labute approximate surface area is 85.6 Å². The van der Waals surface area contributed by atoms with Gasteiger partial charge in [0.25, 0.3) is 0 Å². The van der Waals surface area contributed by atoms with Crippen LogP contribution in [0.4, 0.5) is 0 Å². The lowest BCUT2D eigenvalue weighted by Gasteiger charge is -2.03. The van der Waals surface area contributed by atoms with Gasteiger partial charge in [0.15, 0.2) is 0 Å². The van der Waals surface area contributed by atoms with Crippen LogP contribution in [-0.2, 0) is 0 Å². The quantitative estimate of drug-likeness (QED) is 0.611. The van der Waals surface area contributed by atoms with E-state index in [0.717, 1.165) is 5.39 Å². The average molecular weight is 203 g/mol. The summed E-state index contributed by atoms with van der Waals surface area (Å²) >= 11 is 0. The Balaban J connectivity index is 2.43. The predicted molar refractivity (Wildman–Crippen MR) is 56.8 cm³/mol. The molecule has 0 radical (unpaired) electrons. The van der Waals surface area contributed by atoms with E-state index in [1.807, 2.05) is 0 Å². The van der Waals surface area contributed by atoms with Crippen LogP contribution in [0.3, 0.4) is 0 Å². The van der Waals surface area contributed by atoms with Crippen LogP contribution in [0, 0.1) is 5.41 Å². The molecule has 0 aliphatic carbocycles. The Hall–Kier alpha value is -2.10. The minimum absolute atomic E-state index is 0.238. The first kappa shape index (κ1) is 9.45. The first-order chi connectivity index (χ1) is 7.29. The van der Waals surface area contributed by atoms with E-state index in [0.29, 0.717) is 11.3 Å². The third-order valence-electron chi connectivity index (χ3n) is 1.92. The van der Waals surface area contributed by atoms with Crippen molar-refractivity contribution in [2.75, 3.05) is 6.61 Å². The standard InChI is InChI=1S/C11H9NO3/c12-5-6-14-9-2-3-10-8(7-9)1-4-11(13)15-10/h1-5,7,12H,6H2. The third-order valence-corrected chi connectivity index (χ3v) is 1.92. The normalized spacial score (nSPS) is 10.1. The SMILES string of the molecule is N=CCOc1ccc2oc(=O)ccc2c1.